The second-order valence-corrected chi connectivity index (χ2v) is 2.90. The fourth-order valence-corrected chi connectivity index (χ4v) is 0.975. The Kier molecular flexibility index (Phi) is 6.37. The van der Waals surface area contributed by atoms with Crippen molar-refractivity contribution < 1.29 is 0 Å². The third-order valence-corrected chi connectivity index (χ3v) is 1.61. The smallest absolute Gasteiger partial charge is 0.0263 e. The van der Waals surface area contributed by atoms with E-state index in [1.165, 1.54) is 5.57 Å². The Bertz CT molecular complexity index is 148. The van der Waals surface area contributed by atoms with Crippen LogP contribution in [0.15, 0.2) is 23.1 Å². The van der Waals surface area contributed by atoms with E-state index in [1.54, 1.807) is 5.41 Å². The van der Waals surface area contributed by atoms with Gasteiger partial charge >= 0.3 is 0 Å². The Labute approximate surface area is 74.8 Å². The predicted molar refractivity (Wildman–Crippen MR) is 54.8 cm³/mol. The van der Waals surface area contributed by atoms with Crippen LogP contribution in [-0.2, 0) is 0 Å². The number of rotatable bonds is 4. The Morgan fingerprint density at radius 1 is 1.64 bits per heavy atom. The molecule has 0 bridgehead atoms. The number of thiol groups is 1. The van der Waals surface area contributed by atoms with Gasteiger partial charge in [-0.15, -0.1) is 0 Å². The highest BCUT2D eigenvalue weighted by Gasteiger charge is 1.96. The molecule has 1 atom stereocenters. The van der Waals surface area contributed by atoms with E-state index in [9.17, 15) is 0 Å². The summed E-state index contributed by atoms with van der Waals surface area (Å²) < 4.78 is 0. The summed E-state index contributed by atoms with van der Waals surface area (Å²) in [6, 6.07) is 0.116. The van der Waals surface area contributed by atoms with Crippen molar-refractivity contribution in [2.45, 2.75) is 32.7 Å². The fraction of sp³-hybridized carbons (Fsp3) is 0.556. The molecule has 64 valence electrons. The Morgan fingerprint density at radius 2 is 2.27 bits per heavy atom. The average molecular weight is 171 g/mol. The van der Waals surface area contributed by atoms with Crippen LogP contribution in [0.5, 0.6) is 0 Å². The first-order chi connectivity index (χ1) is 5.22. The second kappa shape index (κ2) is 6.50. The molecule has 0 amide bonds. The number of hydrogen-bond donors (Lipinski definition) is 2. The minimum Gasteiger partial charge on any atom is -0.324 e. The van der Waals surface area contributed by atoms with E-state index < -0.39 is 0 Å². The molecule has 0 aromatic heterocycles. The minimum atomic E-state index is 0.116. The molecule has 0 rings (SSSR count). The van der Waals surface area contributed by atoms with Crippen molar-refractivity contribution >= 4 is 12.6 Å². The van der Waals surface area contributed by atoms with Crippen LogP contribution in [0.1, 0.15) is 26.7 Å². The zero-order valence-electron chi connectivity index (χ0n) is 7.25. The first kappa shape index (κ1) is 10.8. The van der Waals surface area contributed by atoms with Gasteiger partial charge in [-0.25, -0.2) is 0 Å². The number of allylic oxidation sites excluding steroid dienone is 1. The van der Waals surface area contributed by atoms with Gasteiger partial charge in [0.15, 0.2) is 0 Å². The van der Waals surface area contributed by atoms with Gasteiger partial charge < -0.3 is 5.73 Å². The Hall–Kier alpha value is -0.210. The molecule has 0 spiro atoms. The third kappa shape index (κ3) is 5.10. The molecule has 1 nitrogen and oxygen atoms in total. The summed E-state index contributed by atoms with van der Waals surface area (Å²) in [4.78, 5) is 0. The van der Waals surface area contributed by atoms with E-state index in [-0.39, 0.29) is 6.04 Å². The summed E-state index contributed by atoms with van der Waals surface area (Å²) in [5, 5.41) is 1.73. The van der Waals surface area contributed by atoms with Crippen molar-refractivity contribution in [3.05, 3.63) is 23.1 Å². The molecule has 2 heteroatoms. The van der Waals surface area contributed by atoms with Crippen LogP contribution in [0.25, 0.3) is 0 Å². The molecule has 11 heavy (non-hydrogen) atoms. The number of unbranched alkanes of at least 4 members (excludes halogenated alkanes) is 1. The molecule has 0 aliphatic heterocycles. The maximum absolute atomic E-state index is 5.71. The SMILES string of the molecule is CCC/C=C(/C=C\S)C(C)N. The number of hydrogen-bond acceptors (Lipinski definition) is 2. The molecular weight excluding hydrogens is 154 g/mol. The van der Waals surface area contributed by atoms with Crippen LogP contribution in [-0.4, -0.2) is 6.04 Å². The summed E-state index contributed by atoms with van der Waals surface area (Å²) in [6.07, 6.45) is 6.37. The van der Waals surface area contributed by atoms with Gasteiger partial charge in [0, 0.05) is 6.04 Å². The van der Waals surface area contributed by atoms with Gasteiger partial charge in [-0.05, 0) is 24.3 Å². The van der Waals surface area contributed by atoms with Crippen molar-refractivity contribution in [2.24, 2.45) is 5.73 Å². The predicted octanol–water partition coefficient (Wildman–Crippen LogP) is 2.50. The lowest BCUT2D eigenvalue weighted by atomic mass is 10.1. The normalized spacial score (nSPS) is 15.8. The number of nitrogens with two attached hydrogens (primary N) is 1. The van der Waals surface area contributed by atoms with Crippen LogP contribution >= 0.6 is 12.6 Å². The van der Waals surface area contributed by atoms with E-state index in [2.05, 4.69) is 25.6 Å². The van der Waals surface area contributed by atoms with Gasteiger partial charge in [0.25, 0.3) is 0 Å². The molecule has 0 heterocycles. The quantitative estimate of drug-likeness (QED) is 0.493. The van der Waals surface area contributed by atoms with Crippen LogP contribution in [0.3, 0.4) is 0 Å². The molecule has 0 aliphatic carbocycles. The van der Waals surface area contributed by atoms with E-state index in [1.807, 2.05) is 13.0 Å². The lowest BCUT2D eigenvalue weighted by Crippen LogP contribution is -2.16. The first-order valence-electron chi connectivity index (χ1n) is 3.98. The van der Waals surface area contributed by atoms with Crippen LogP contribution < -0.4 is 5.73 Å². The fourth-order valence-electron chi connectivity index (χ4n) is 0.803. The summed E-state index contributed by atoms with van der Waals surface area (Å²) in [7, 11) is 0. The maximum atomic E-state index is 5.71. The zero-order valence-corrected chi connectivity index (χ0v) is 8.14. The lowest BCUT2D eigenvalue weighted by Gasteiger charge is -2.05. The molecular formula is C9H17NS. The van der Waals surface area contributed by atoms with Crippen molar-refractivity contribution in [1.82, 2.24) is 0 Å². The molecule has 0 radical (unpaired) electrons. The van der Waals surface area contributed by atoms with E-state index >= 15 is 0 Å². The summed E-state index contributed by atoms with van der Waals surface area (Å²) in [5.41, 5.74) is 6.88. The van der Waals surface area contributed by atoms with E-state index in [4.69, 9.17) is 5.73 Å². The molecule has 0 aromatic rings. The Balaban J connectivity index is 4.08. The molecule has 0 saturated carbocycles. The average Bonchev–Trinajstić information content (AvgIpc) is 1.97. The molecule has 0 fully saturated rings. The topological polar surface area (TPSA) is 26.0 Å². The maximum Gasteiger partial charge on any atom is 0.0263 e. The molecule has 0 saturated heterocycles. The second-order valence-electron chi connectivity index (χ2n) is 2.60. The molecule has 0 aliphatic rings. The van der Waals surface area contributed by atoms with Crippen molar-refractivity contribution in [1.29, 1.82) is 0 Å². The summed E-state index contributed by atoms with van der Waals surface area (Å²) in [6.45, 7) is 4.13. The monoisotopic (exact) mass is 171 g/mol. The highest BCUT2D eigenvalue weighted by Crippen LogP contribution is 2.05. The summed E-state index contributed by atoms with van der Waals surface area (Å²) >= 11 is 4.00. The third-order valence-electron chi connectivity index (χ3n) is 1.46. The van der Waals surface area contributed by atoms with Gasteiger partial charge in [0.2, 0.25) is 0 Å². The van der Waals surface area contributed by atoms with Gasteiger partial charge in [-0.2, -0.15) is 12.6 Å². The van der Waals surface area contributed by atoms with Gasteiger partial charge in [0.05, 0.1) is 0 Å². The van der Waals surface area contributed by atoms with Gasteiger partial charge in [0.1, 0.15) is 0 Å². The van der Waals surface area contributed by atoms with Crippen LogP contribution in [0, 0.1) is 0 Å². The Morgan fingerprint density at radius 3 is 2.64 bits per heavy atom. The highest BCUT2D eigenvalue weighted by atomic mass is 32.1. The van der Waals surface area contributed by atoms with Crippen molar-refractivity contribution in [3.63, 3.8) is 0 Å². The van der Waals surface area contributed by atoms with Crippen molar-refractivity contribution in [3.8, 4) is 0 Å². The van der Waals surface area contributed by atoms with Crippen LogP contribution in [0.4, 0.5) is 0 Å². The van der Waals surface area contributed by atoms with Crippen molar-refractivity contribution in [2.75, 3.05) is 0 Å². The van der Waals surface area contributed by atoms with E-state index in [0.717, 1.165) is 12.8 Å². The summed E-state index contributed by atoms with van der Waals surface area (Å²) in [5.74, 6) is 0. The molecule has 0 aromatic carbocycles. The minimum absolute atomic E-state index is 0.116. The van der Waals surface area contributed by atoms with Gasteiger partial charge in [-0.1, -0.05) is 25.5 Å². The zero-order chi connectivity index (χ0) is 8.69. The first-order valence-corrected chi connectivity index (χ1v) is 4.50. The lowest BCUT2D eigenvalue weighted by molar-refractivity contribution is 0.861. The van der Waals surface area contributed by atoms with Crippen LogP contribution in [0.2, 0.25) is 0 Å². The molecule has 1 unspecified atom stereocenters. The van der Waals surface area contributed by atoms with E-state index in [0.29, 0.717) is 0 Å². The standard InChI is InChI=1S/C9H17NS/c1-3-4-5-9(6-7-11)8(2)10/h5-8,11H,3-4,10H2,1-2H3/b7-6-,9-5-. The molecule has 2 N–H and O–H groups in total. The highest BCUT2D eigenvalue weighted by molar-refractivity contribution is 7.83. The van der Waals surface area contributed by atoms with Gasteiger partial charge in [-0.3, -0.25) is 0 Å². The largest absolute Gasteiger partial charge is 0.324 e.